The van der Waals surface area contributed by atoms with E-state index >= 15 is 0 Å². The molecular weight excluding hydrogens is 188 g/mol. The van der Waals surface area contributed by atoms with Gasteiger partial charge in [0.15, 0.2) is 12.4 Å². The number of hydrogen-bond acceptors (Lipinski definition) is 5. The Labute approximate surface area is 82.9 Å². The molecule has 1 rings (SSSR count). The fourth-order valence-electron chi connectivity index (χ4n) is 1.53. The first kappa shape index (κ1) is 11.4. The molecule has 82 valence electrons. The first-order valence-electron chi connectivity index (χ1n) is 4.58. The number of carbonyl (C=O) groups excluding carboxylic acids is 1. The summed E-state index contributed by atoms with van der Waals surface area (Å²) < 4.78 is 15.3. The molecule has 0 saturated carbocycles. The van der Waals surface area contributed by atoms with Crippen molar-refractivity contribution >= 4 is 5.97 Å². The summed E-state index contributed by atoms with van der Waals surface area (Å²) in [6.07, 6.45) is -1.79. The van der Waals surface area contributed by atoms with E-state index < -0.39 is 24.5 Å². The van der Waals surface area contributed by atoms with Crippen LogP contribution in [0, 0.1) is 0 Å². The minimum absolute atomic E-state index is 0.318. The van der Waals surface area contributed by atoms with Gasteiger partial charge in [-0.25, -0.2) is 0 Å². The Morgan fingerprint density at radius 2 is 2.21 bits per heavy atom. The van der Waals surface area contributed by atoms with Gasteiger partial charge in [0.2, 0.25) is 0 Å². The third kappa shape index (κ3) is 2.67. The number of ether oxygens (including phenoxy) is 3. The summed E-state index contributed by atoms with van der Waals surface area (Å²) in [5.74, 6) is -0.416. The molecule has 1 N–H and O–H groups in total. The maximum atomic E-state index is 10.7. The Morgan fingerprint density at radius 1 is 1.57 bits per heavy atom. The molecule has 0 aromatic heterocycles. The standard InChI is InChI=1S/C9H16O5/c1-5-9(14-6(2)10)7(11)4-8(12-3)13-5/h5,7-9,11H,4H2,1-3H3/t5-,7-,8+,9-/m0/s1. The van der Waals surface area contributed by atoms with Crippen LogP contribution >= 0.6 is 0 Å². The van der Waals surface area contributed by atoms with Gasteiger partial charge < -0.3 is 19.3 Å². The third-order valence-electron chi connectivity index (χ3n) is 2.21. The monoisotopic (exact) mass is 204 g/mol. The number of carbonyl (C=O) groups is 1. The minimum Gasteiger partial charge on any atom is -0.457 e. The molecule has 0 unspecified atom stereocenters. The second-order valence-corrected chi connectivity index (χ2v) is 3.38. The zero-order valence-electron chi connectivity index (χ0n) is 8.60. The summed E-state index contributed by atoms with van der Waals surface area (Å²) in [6, 6.07) is 0. The lowest BCUT2D eigenvalue weighted by Crippen LogP contribution is -2.49. The highest BCUT2D eigenvalue weighted by Crippen LogP contribution is 2.22. The fraction of sp³-hybridized carbons (Fsp3) is 0.889. The van der Waals surface area contributed by atoms with Crippen molar-refractivity contribution in [3.63, 3.8) is 0 Å². The van der Waals surface area contributed by atoms with Crippen LogP contribution in [0.4, 0.5) is 0 Å². The van der Waals surface area contributed by atoms with Crippen molar-refractivity contribution in [1.29, 1.82) is 0 Å². The topological polar surface area (TPSA) is 65.0 Å². The van der Waals surface area contributed by atoms with E-state index in [0.717, 1.165) is 0 Å². The van der Waals surface area contributed by atoms with E-state index in [-0.39, 0.29) is 6.10 Å². The number of methoxy groups -OCH3 is 1. The largest absolute Gasteiger partial charge is 0.457 e. The molecule has 14 heavy (non-hydrogen) atoms. The van der Waals surface area contributed by atoms with Crippen molar-refractivity contribution in [3.05, 3.63) is 0 Å². The van der Waals surface area contributed by atoms with Crippen molar-refractivity contribution in [3.8, 4) is 0 Å². The summed E-state index contributed by atoms with van der Waals surface area (Å²) in [5, 5.41) is 9.65. The summed E-state index contributed by atoms with van der Waals surface area (Å²) >= 11 is 0. The molecule has 0 bridgehead atoms. The van der Waals surface area contributed by atoms with Gasteiger partial charge in [-0.2, -0.15) is 0 Å². The van der Waals surface area contributed by atoms with Crippen molar-refractivity contribution in [2.75, 3.05) is 7.11 Å². The molecule has 1 saturated heterocycles. The average Bonchev–Trinajstić information content (AvgIpc) is 2.10. The molecule has 0 spiro atoms. The highest BCUT2D eigenvalue weighted by molar-refractivity contribution is 5.66. The van der Waals surface area contributed by atoms with Crippen LogP contribution in [0.5, 0.6) is 0 Å². The third-order valence-corrected chi connectivity index (χ3v) is 2.21. The molecule has 1 aliphatic heterocycles. The highest BCUT2D eigenvalue weighted by atomic mass is 16.7. The molecular formula is C9H16O5. The second kappa shape index (κ2) is 4.72. The smallest absolute Gasteiger partial charge is 0.303 e. The number of hydrogen-bond donors (Lipinski definition) is 1. The second-order valence-electron chi connectivity index (χ2n) is 3.38. The van der Waals surface area contributed by atoms with E-state index in [0.29, 0.717) is 6.42 Å². The van der Waals surface area contributed by atoms with E-state index in [1.54, 1.807) is 6.92 Å². The van der Waals surface area contributed by atoms with Crippen LogP contribution in [-0.4, -0.2) is 42.8 Å². The molecule has 0 amide bonds. The molecule has 1 heterocycles. The van der Waals surface area contributed by atoms with Crippen LogP contribution in [-0.2, 0) is 19.0 Å². The van der Waals surface area contributed by atoms with Crippen LogP contribution in [0.25, 0.3) is 0 Å². The lowest BCUT2D eigenvalue weighted by atomic mass is 10.0. The molecule has 1 fully saturated rings. The Bertz CT molecular complexity index is 193. The first-order valence-corrected chi connectivity index (χ1v) is 4.58. The van der Waals surface area contributed by atoms with Gasteiger partial charge in [0.25, 0.3) is 0 Å². The Morgan fingerprint density at radius 3 is 2.64 bits per heavy atom. The van der Waals surface area contributed by atoms with Crippen molar-refractivity contribution in [2.45, 2.75) is 44.9 Å². The summed E-state index contributed by atoms with van der Waals surface area (Å²) in [6.45, 7) is 3.05. The number of rotatable bonds is 2. The van der Waals surface area contributed by atoms with Gasteiger partial charge >= 0.3 is 5.97 Å². The zero-order chi connectivity index (χ0) is 10.7. The lowest BCUT2D eigenvalue weighted by Gasteiger charge is -2.36. The van der Waals surface area contributed by atoms with Crippen LogP contribution < -0.4 is 0 Å². The fourth-order valence-corrected chi connectivity index (χ4v) is 1.53. The molecule has 0 radical (unpaired) electrons. The van der Waals surface area contributed by atoms with Crippen LogP contribution in [0.2, 0.25) is 0 Å². The van der Waals surface area contributed by atoms with Crippen LogP contribution in [0.15, 0.2) is 0 Å². The normalized spacial score (nSPS) is 38.0. The molecule has 0 aromatic carbocycles. The van der Waals surface area contributed by atoms with E-state index in [1.807, 2.05) is 0 Å². The van der Waals surface area contributed by atoms with Gasteiger partial charge in [0.05, 0.1) is 12.2 Å². The highest BCUT2D eigenvalue weighted by Gasteiger charge is 2.37. The van der Waals surface area contributed by atoms with Gasteiger partial charge in [0.1, 0.15) is 0 Å². The van der Waals surface area contributed by atoms with E-state index in [4.69, 9.17) is 14.2 Å². The zero-order valence-corrected chi connectivity index (χ0v) is 8.60. The Hall–Kier alpha value is -0.650. The van der Waals surface area contributed by atoms with Gasteiger partial charge in [-0.1, -0.05) is 0 Å². The molecule has 1 aliphatic rings. The minimum atomic E-state index is -0.729. The molecule has 0 aliphatic carbocycles. The average molecular weight is 204 g/mol. The molecule has 5 nitrogen and oxygen atoms in total. The van der Waals surface area contributed by atoms with E-state index in [2.05, 4.69) is 0 Å². The van der Waals surface area contributed by atoms with E-state index in [1.165, 1.54) is 14.0 Å². The van der Waals surface area contributed by atoms with Crippen molar-refractivity contribution in [2.24, 2.45) is 0 Å². The van der Waals surface area contributed by atoms with E-state index in [9.17, 15) is 9.90 Å². The van der Waals surface area contributed by atoms with Gasteiger partial charge in [-0.15, -0.1) is 0 Å². The first-order chi connectivity index (χ1) is 6.54. The molecule has 5 heteroatoms. The maximum Gasteiger partial charge on any atom is 0.303 e. The Balaban J connectivity index is 2.55. The number of aliphatic hydroxyl groups is 1. The number of aliphatic hydroxyl groups excluding tert-OH is 1. The summed E-state index contributed by atoms with van der Waals surface area (Å²) in [5.41, 5.74) is 0. The Kier molecular flexibility index (Phi) is 3.86. The van der Waals surface area contributed by atoms with Gasteiger partial charge in [0, 0.05) is 20.5 Å². The van der Waals surface area contributed by atoms with Crippen LogP contribution in [0.1, 0.15) is 20.3 Å². The predicted octanol–water partition coefficient (Wildman–Crippen LogP) is 0.0603. The summed E-state index contributed by atoms with van der Waals surface area (Å²) in [4.78, 5) is 10.7. The quantitative estimate of drug-likeness (QED) is 0.644. The SMILES string of the molecule is CO[C@H]1C[C@H](O)[C@@H](OC(C)=O)[C@H](C)O1. The van der Waals surface area contributed by atoms with Crippen LogP contribution in [0.3, 0.4) is 0 Å². The van der Waals surface area contributed by atoms with Gasteiger partial charge in [-0.3, -0.25) is 4.79 Å². The van der Waals surface area contributed by atoms with Gasteiger partial charge in [-0.05, 0) is 6.92 Å². The number of esters is 1. The lowest BCUT2D eigenvalue weighted by molar-refractivity contribution is -0.244. The predicted molar refractivity (Wildman–Crippen MR) is 47.5 cm³/mol. The van der Waals surface area contributed by atoms with Crippen molar-refractivity contribution in [1.82, 2.24) is 0 Å². The maximum absolute atomic E-state index is 10.7. The summed E-state index contributed by atoms with van der Waals surface area (Å²) in [7, 11) is 1.51. The molecule has 4 atom stereocenters. The molecule has 0 aromatic rings. The van der Waals surface area contributed by atoms with Crippen molar-refractivity contribution < 1.29 is 24.1 Å².